The summed E-state index contributed by atoms with van der Waals surface area (Å²) in [6.07, 6.45) is 1.22. The fourth-order valence-electron chi connectivity index (χ4n) is 3.32. The highest BCUT2D eigenvalue weighted by Gasteiger charge is 2.30. The standard InChI is InChI=1S/C19H30F3N5OS/c1-3-29(28)16-7-4-6-15(12-16)27-18(23-2)25-11-5-10-24-17-9-8-14(13-26-17)19(20,21)22/h8-9,13,15-16H,3-7,10-12H2,1-2H3,(H,24,26)(H2,23,25,27). The molecule has 164 valence electrons. The van der Waals surface area contributed by atoms with Gasteiger partial charge in [0.15, 0.2) is 5.96 Å². The molecule has 29 heavy (non-hydrogen) atoms. The lowest BCUT2D eigenvalue weighted by Crippen LogP contribution is -2.47. The van der Waals surface area contributed by atoms with Crippen molar-refractivity contribution in [1.29, 1.82) is 0 Å². The largest absolute Gasteiger partial charge is 0.417 e. The van der Waals surface area contributed by atoms with Crippen molar-refractivity contribution in [3.05, 3.63) is 23.9 Å². The van der Waals surface area contributed by atoms with Crippen molar-refractivity contribution < 1.29 is 17.4 Å². The van der Waals surface area contributed by atoms with Crippen LogP contribution in [0.1, 0.15) is 44.6 Å². The second-order valence-corrected chi connectivity index (χ2v) is 9.01. The number of guanidine groups is 1. The molecule has 1 aromatic rings. The Balaban J connectivity index is 1.67. The van der Waals surface area contributed by atoms with E-state index in [1.165, 1.54) is 6.07 Å². The van der Waals surface area contributed by atoms with Crippen molar-refractivity contribution in [2.24, 2.45) is 4.99 Å². The minimum atomic E-state index is -4.37. The van der Waals surface area contributed by atoms with Crippen molar-refractivity contribution >= 4 is 22.6 Å². The number of nitrogens with zero attached hydrogens (tertiary/aromatic N) is 2. The number of aromatic nitrogens is 1. The monoisotopic (exact) mass is 433 g/mol. The number of pyridine rings is 1. The van der Waals surface area contributed by atoms with E-state index >= 15 is 0 Å². The fraction of sp³-hybridized carbons (Fsp3) is 0.684. The third-order valence-corrected chi connectivity index (χ3v) is 6.63. The molecule has 0 radical (unpaired) electrons. The van der Waals surface area contributed by atoms with E-state index in [4.69, 9.17) is 0 Å². The van der Waals surface area contributed by atoms with Crippen LogP contribution < -0.4 is 16.0 Å². The third-order valence-electron chi connectivity index (χ3n) is 4.89. The van der Waals surface area contributed by atoms with Gasteiger partial charge < -0.3 is 16.0 Å². The van der Waals surface area contributed by atoms with E-state index in [-0.39, 0.29) is 11.3 Å². The van der Waals surface area contributed by atoms with Crippen LogP contribution in [0.15, 0.2) is 23.3 Å². The number of hydrogen-bond acceptors (Lipinski definition) is 4. The van der Waals surface area contributed by atoms with E-state index in [0.717, 1.165) is 44.4 Å². The van der Waals surface area contributed by atoms with Gasteiger partial charge in [0.1, 0.15) is 5.82 Å². The molecule has 0 bridgehead atoms. The molecule has 0 spiro atoms. The summed E-state index contributed by atoms with van der Waals surface area (Å²) in [7, 11) is 0.952. The van der Waals surface area contributed by atoms with Crippen LogP contribution in [0.5, 0.6) is 0 Å². The maximum Gasteiger partial charge on any atom is 0.417 e. The highest BCUT2D eigenvalue weighted by molar-refractivity contribution is 7.85. The SMILES string of the molecule is CCS(=O)C1CCCC(NC(=NC)NCCCNc2ccc(C(F)(F)F)cn2)C1. The van der Waals surface area contributed by atoms with Gasteiger partial charge in [-0.3, -0.25) is 9.20 Å². The average molecular weight is 434 g/mol. The molecule has 10 heteroatoms. The van der Waals surface area contributed by atoms with Crippen LogP contribution in [-0.4, -0.2) is 52.3 Å². The highest BCUT2D eigenvalue weighted by atomic mass is 32.2. The van der Waals surface area contributed by atoms with Gasteiger partial charge in [0.05, 0.1) is 5.56 Å². The molecule has 1 fully saturated rings. The first kappa shape index (κ1) is 23.4. The molecule has 2 rings (SSSR count). The van der Waals surface area contributed by atoms with E-state index in [9.17, 15) is 17.4 Å². The number of halogens is 3. The maximum absolute atomic E-state index is 12.5. The Labute approximate surface area is 172 Å². The first-order valence-electron chi connectivity index (χ1n) is 9.95. The second kappa shape index (κ2) is 11.4. The molecule has 3 N–H and O–H groups in total. The van der Waals surface area contributed by atoms with Gasteiger partial charge in [-0.1, -0.05) is 13.3 Å². The molecule has 6 nitrogen and oxygen atoms in total. The second-order valence-electron chi connectivity index (χ2n) is 7.01. The molecule has 0 amide bonds. The van der Waals surface area contributed by atoms with Crippen LogP contribution in [-0.2, 0) is 17.0 Å². The molecule has 0 aromatic carbocycles. The van der Waals surface area contributed by atoms with Crippen LogP contribution >= 0.6 is 0 Å². The third kappa shape index (κ3) is 7.83. The molecule has 1 saturated carbocycles. The highest BCUT2D eigenvalue weighted by Crippen LogP contribution is 2.28. The summed E-state index contributed by atoms with van der Waals surface area (Å²) >= 11 is 0. The summed E-state index contributed by atoms with van der Waals surface area (Å²) in [6, 6.07) is 2.61. The van der Waals surface area contributed by atoms with Gasteiger partial charge in [0, 0.05) is 54.2 Å². The number of nitrogens with one attached hydrogen (secondary N) is 3. The normalized spacial score (nSPS) is 21.5. The van der Waals surface area contributed by atoms with Crippen LogP contribution in [0.25, 0.3) is 0 Å². The summed E-state index contributed by atoms with van der Waals surface area (Å²) < 4.78 is 49.6. The molecule has 3 atom stereocenters. The predicted molar refractivity (Wildman–Crippen MR) is 112 cm³/mol. The zero-order valence-electron chi connectivity index (χ0n) is 16.9. The molecular formula is C19H30F3N5OS. The molecule has 3 unspecified atom stereocenters. The maximum atomic E-state index is 12.5. The lowest BCUT2D eigenvalue weighted by atomic mass is 9.95. The number of rotatable bonds is 8. The lowest BCUT2D eigenvalue weighted by Gasteiger charge is -2.30. The summed E-state index contributed by atoms with van der Waals surface area (Å²) in [4.78, 5) is 8.03. The zero-order chi connectivity index (χ0) is 21.3. The van der Waals surface area contributed by atoms with Gasteiger partial charge in [-0.15, -0.1) is 0 Å². The number of aliphatic imine (C=N–C) groups is 1. The van der Waals surface area contributed by atoms with Gasteiger partial charge in [-0.05, 0) is 37.8 Å². The summed E-state index contributed by atoms with van der Waals surface area (Å²) in [5, 5.41) is 9.92. The Morgan fingerprint density at radius 1 is 1.31 bits per heavy atom. The van der Waals surface area contributed by atoms with Crippen LogP contribution in [0.3, 0.4) is 0 Å². The topological polar surface area (TPSA) is 78.4 Å². The Kier molecular flexibility index (Phi) is 9.19. The number of hydrogen-bond donors (Lipinski definition) is 3. The van der Waals surface area contributed by atoms with Gasteiger partial charge in [-0.25, -0.2) is 4.98 Å². The van der Waals surface area contributed by atoms with Gasteiger partial charge >= 0.3 is 6.18 Å². The minimum Gasteiger partial charge on any atom is -0.370 e. The van der Waals surface area contributed by atoms with Crippen molar-refractivity contribution in [2.75, 3.05) is 31.2 Å². The quantitative estimate of drug-likeness (QED) is 0.334. The molecule has 1 aliphatic carbocycles. The molecule has 0 saturated heterocycles. The summed E-state index contributed by atoms with van der Waals surface area (Å²) in [6.45, 7) is 3.19. The first-order valence-corrected chi connectivity index (χ1v) is 11.3. The molecular weight excluding hydrogens is 403 g/mol. The molecule has 1 aliphatic rings. The predicted octanol–water partition coefficient (Wildman–Crippen LogP) is 3.15. The minimum absolute atomic E-state index is 0.254. The van der Waals surface area contributed by atoms with Crippen molar-refractivity contribution in [2.45, 2.75) is 56.5 Å². The number of alkyl halides is 3. The van der Waals surface area contributed by atoms with E-state index in [1.807, 2.05) is 6.92 Å². The van der Waals surface area contributed by atoms with Crippen LogP contribution in [0.2, 0.25) is 0 Å². The van der Waals surface area contributed by atoms with Crippen LogP contribution in [0, 0.1) is 0 Å². The smallest absolute Gasteiger partial charge is 0.370 e. The fourth-order valence-corrected chi connectivity index (χ4v) is 4.66. The van der Waals surface area contributed by atoms with E-state index < -0.39 is 22.5 Å². The Bertz CT molecular complexity index is 681. The summed E-state index contributed by atoms with van der Waals surface area (Å²) in [5.41, 5.74) is -0.757. The van der Waals surface area contributed by atoms with E-state index in [1.54, 1.807) is 7.05 Å². The van der Waals surface area contributed by atoms with Gasteiger partial charge in [-0.2, -0.15) is 13.2 Å². The Hall–Kier alpha value is -1.84. The van der Waals surface area contributed by atoms with Gasteiger partial charge in [0.25, 0.3) is 0 Å². The number of anilines is 1. The van der Waals surface area contributed by atoms with E-state index in [2.05, 4.69) is 25.9 Å². The van der Waals surface area contributed by atoms with Crippen molar-refractivity contribution in [3.8, 4) is 0 Å². The first-order chi connectivity index (χ1) is 13.8. The zero-order valence-corrected chi connectivity index (χ0v) is 17.7. The lowest BCUT2D eigenvalue weighted by molar-refractivity contribution is -0.137. The van der Waals surface area contributed by atoms with Crippen molar-refractivity contribution in [1.82, 2.24) is 15.6 Å². The average Bonchev–Trinajstić information content (AvgIpc) is 2.72. The van der Waals surface area contributed by atoms with E-state index in [0.29, 0.717) is 30.6 Å². The Morgan fingerprint density at radius 2 is 2.10 bits per heavy atom. The summed E-state index contributed by atoms with van der Waals surface area (Å²) in [5.74, 6) is 1.83. The molecule has 0 aliphatic heterocycles. The van der Waals surface area contributed by atoms with Gasteiger partial charge in [0.2, 0.25) is 0 Å². The molecule has 1 heterocycles. The van der Waals surface area contributed by atoms with Crippen LogP contribution in [0.4, 0.5) is 19.0 Å². The Morgan fingerprint density at radius 3 is 2.72 bits per heavy atom. The van der Waals surface area contributed by atoms with Crippen molar-refractivity contribution in [3.63, 3.8) is 0 Å². The molecule has 1 aromatic heterocycles.